The van der Waals surface area contributed by atoms with Crippen molar-refractivity contribution in [3.8, 4) is 10.6 Å². The monoisotopic (exact) mass is 546 g/mol. The molecule has 7 aromatic rings. The molecule has 0 spiro atoms. The SMILES string of the molecule is c1ccc(C2NC(c3ccccc3)N3C(c4ccc5c(ccc6nc(-c7ccc8ccccc8c7)sc65)c4)N23)cc1. The molecule has 3 heterocycles. The van der Waals surface area contributed by atoms with E-state index in [-0.39, 0.29) is 18.5 Å². The van der Waals surface area contributed by atoms with Gasteiger partial charge in [0.1, 0.15) is 23.5 Å². The van der Waals surface area contributed by atoms with Gasteiger partial charge in [-0.15, -0.1) is 11.3 Å². The second-order valence-electron chi connectivity index (χ2n) is 10.9. The van der Waals surface area contributed by atoms with E-state index in [1.165, 1.54) is 48.5 Å². The number of benzene rings is 6. The minimum absolute atomic E-state index is 0.135. The molecule has 4 atom stereocenters. The maximum atomic E-state index is 5.04. The van der Waals surface area contributed by atoms with Gasteiger partial charge in [0.2, 0.25) is 0 Å². The molecule has 1 N–H and O–H groups in total. The second-order valence-corrected chi connectivity index (χ2v) is 11.9. The van der Waals surface area contributed by atoms with Gasteiger partial charge >= 0.3 is 0 Å². The molecule has 1 aromatic heterocycles. The molecule has 4 unspecified atom stereocenters. The van der Waals surface area contributed by atoms with Crippen LogP contribution in [0.4, 0.5) is 0 Å². The summed E-state index contributed by atoms with van der Waals surface area (Å²) in [6.45, 7) is 0. The Hall–Kier alpha value is -4.39. The Labute approximate surface area is 242 Å². The number of hydrazine groups is 1. The molecule has 2 aliphatic heterocycles. The first-order valence-corrected chi connectivity index (χ1v) is 14.9. The lowest BCUT2D eigenvalue weighted by atomic mass is 10.0. The Kier molecular flexibility index (Phi) is 5.16. The van der Waals surface area contributed by atoms with Crippen LogP contribution < -0.4 is 5.32 Å². The van der Waals surface area contributed by atoms with Gasteiger partial charge < -0.3 is 0 Å². The van der Waals surface area contributed by atoms with Gasteiger partial charge in [-0.3, -0.25) is 5.32 Å². The molecule has 9 rings (SSSR count). The quantitative estimate of drug-likeness (QED) is 0.224. The number of fused-ring (bicyclic) bond motifs is 5. The minimum atomic E-state index is 0.135. The van der Waals surface area contributed by atoms with E-state index in [9.17, 15) is 0 Å². The van der Waals surface area contributed by atoms with Gasteiger partial charge in [0.15, 0.2) is 0 Å². The van der Waals surface area contributed by atoms with Crippen molar-refractivity contribution < 1.29 is 0 Å². The smallest absolute Gasteiger partial charge is 0.124 e. The van der Waals surface area contributed by atoms with Crippen molar-refractivity contribution >= 4 is 43.1 Å². The molecule has 0 aliphatic carbocycles. The Morgan fingerprint density at radius 1 is 0.561 bits per heavy atom. The summed E-state index contributed by atoms with van der Waals surface area (Å²) < 4.78 is 1.25. The molecule has 4 nitrogen and oxygen atoms in total. The van der Waals surface area contributed by atoms with Crippen LogP contribution >= 0.6 is 11.3 Å². The highest BCUT2D eigenvalue weighted by atomic mass is 32.1. The van der Waals surface area contributed by atoms with Crippen molar-refractivity contribution in [1.29, 1.82) is 0 Å². The van der Waals surface area contributed by atoms with Crippen molar-refractivity contribution in [2.75, 3.05) is 0 Å². The maximum absolute atomic E-state index is 5.04. The van der Waals surface area contributed by atoms with Crippen LogP contribution in [-0.4, -0.2) is 15.0 Å². The lowest BCUT2D eigenvalue weighted by Crippen LogP contribution is -2.27. The molecule has 5 heteroatoms. The Morgan fingerprint density at radius 3 is 1.95 bits per heavy atom. The van der Waals surface area contributed by atoms with Crippen LogP contribution in [0.25, 0.3) is 42.3 Å². The zero-order valence-electron chi connectivity index (χ0n) is 22.2. The molecule has 2 fully saturated rings. The van der Waals surface area contributed by atoms with Crippen molar-refractivity contribution in [2.45, 2.75) is 18.5 Å². The first kappa shape index (κ1) is 23.3. The third-order valence-corrected chi connectivity index (χ3v) is 9.63. The van der Waals surface area contributed by atoms with Gasteiger partial charge in [-0.05, 0) is 51.0 Å². The van der Waals surface area contributed by atoms with E-state index in [1.807, 2.05) is 0 Å². The Bertz CT molecular complexity index is 2020. The fourth-order valence-corrected chi connectivity index (χ4v) is 7.56. The number of nitrogens with one attached hydrogen (secondary N) is 1. The summed E-state index contributed by atoms with van der Waals surface area (Å²) in [4.78, 5) is 5.04. The largest absolute Gasteiger partial charge is 0.276 e. The molecule has 0 radical (unpaired) electrons. The average Bonchev–Trinajstić information content (AvgIpc) is 3.39. The normalized spacial score (nSPS) is 23.3. The lowest BCUT2D eigenvalue weighted by molar-refractivity contribution is 0.314. The van der Waals surface area contributed by atoms with Crippen LogP contribution in [-0.2, 0) is 0 Å². The second kappa shape index (κ2) is 9.06. The summed E-state index contributed by atoms with van der Waals surface area (Å²) in [5, 5.41) is 14.9. The Balaban J connectivity index is 1.09. The highest BCUT2D eigenvalue weighted by Crippen LogP contribution is 2.57. The molecular formula is C36H26N4S. The van der Waals surface area contributed by atoms with Gasteiger partial charge in [-0.2, -0.15) is 10.0 Å². The molecule has 2 saturated heterocycles. The first-order chi connectivity index (χ1) is 20.3. The highest BCUT2D eigenvalue weighted by Gasteiger charge is 2.60. The summed E-state index contributed by atoms with van der Waals surface area (Å²) in [6.07, 6.45) is 0.493. The minimum Gasteiger partial charge on any atom is -0.276 e. The van der Waals surface area contributed by atoms with Crippen molar-refractivity contribution in [2.24, 2.45) is 0 Å². The number of hydrogen-bond donors (Lipinski definition) is 1. The first-order valence-electron chi connectivity index (χ1n) is 14.1. The highest BCUT2D eigenvalue weighted by molar-refractivity contribution is 7.22. The molecular weight excluding hydrogens is 520 g/mol. The van der Waals surface area contributed by atoms with E-state index in [0.29, 0.717) is 0 Å². The zero-order chi connectivity index (χ0) is 26.9. The fraction of sp³-hybridized carbons (Fsp3) is 0.0833. The molecule has 0 amide bonds. The van der Waals surface area contributed by atoms with Crippen molar-refractivity contribution in [3.63, 3.8) is 0 Å². The number of rotatable bonds is 4. The summed E-state index contributed by atoms with van der Waals surface area (Å²) in [5.74, 6) is 0. The van der Waals surface area contributed by atoms with Gasteiger partial charge in [0.05, 0.1) is 10.2 Å². The maximum Gasteiger partial charge on any atom is 0.124 e. The number of nitrogens with zero attached hydrogens (tertiary/aromatic N) is 3. The van der Waals surface area contributed by atoms with Crippen LogP contribution in [0.1, 0.15) is 35.2 Å². The Morgan fingerprint density at radius 2 is 1.22 bits per heavy atom. The fourth-order valence-electron chi connectivity index (χ4n) is 6.46. The third kappa shape index (κ3) is 3.75. The standard InChI is InChI=1S/C36H26N4S/c1-3-10-24(11-4-1)33-38-34(25-12-5-2-6-13-25)40-36(39(33)40)29-17-19-30-27(22-29)18-20-31-32(30)41-35(37-31)28-16-15-23-9-7-8-14-26(23)21-28/h1-22,33-34,36,38H. The summed E-state index contributed by atoms with van der Waals surface area (Å²) in [5.41, 5.74) is 6.12. The van der Waals surface area contributed by atoms with Crippen molar-refractivity contribution in [1.82, 2.24) is 20.3 Å². The number of thiazole rings is 1. The van der Waals surface area contributed by atoms with Crippen LogP contribution in [0.3, 0.4) is 0 Å². The van der Waals surface area contributed by atoms with Crippen LogP contribution in [0.5, 0.6) is 0 Å². The van der Waals surface area contributed by atoms with Crippen LogP contribution in [0.2, 0.25) is 0 Å². The van der Waals surface area contributed by atoms with Crippen LogP contribution in [0, 0.1) is 0 Å². The van der Waals surface area contributed by atoms with Crippen LogP contribution in [0.15, 0.2) is 133 Å². The summed E-state index contributed by atoms with van der Waals surface area (Å²) in [7, 11) is 0. The predicted molar refractivity (Wildman–Crippen MR) is 168 cm³/mol. The van der Waals surface area contributed by atoms with E-state index in [4.69, 9.17) is 4.98 Å². The van der Waals surface area contributed by atoms with E-state index >= 15 is 0 Å². The zero-order valence-corrected chi connectivity index (χ0v) is 23.0. The molecule has 41 heavy (non-hydrogen) atoms. The summed E-state index contributed by atoms with van der Waals surface area (Å²) >= 11 is 1.79. The van der Waals surface area contributed by atoms with Gasteiger partial charge in [0, 0.05) is 10.9 Å². The molecule has 2 aliphatic rings. The topological polar surface area (TPSA) is 30.9 Å². The predicted octanol–water partition coefficient (Wildman–Crippen LogP) is 8.80. The van der Waals surface area contributed by atoms with E-state index in [2.05, 4.69) is 149 Å². The molecule has 196 valence electrons. The van der Waals surface area contributed by atoms with Crippen molar-refractivity contribution in [3.05, 3.63) is 150 Å². The number of hydrogen-bond acceptors (Lipinski definition) is 5. The van der Waals surface area contributed by atoms with Gasteiger partial charge in [-0.25, -0.2) is 4.98 Å². The van der Waals surface area contributed by atoms with E-state index < -0.39 is 0 Å². The average molecular weight is 547 g/mol. The van der Waals surface area contributed by atoms with E-state index in [0.717, 1.165) is 10.5 Å². The third-order valence-electron chi connectivity index (χ3n) is 8.48. The number of aromatic nitrogens is 1. The molecule has 6 aromatic carbocycles. The summed E-state index contributed by atoms with van der Waals surface area (Å²) in [6, 6.07) is 48.1. The van der Waals surface area contributed by atoms with E-state index in [1.54, 1.807) is 11.3 Å². The van der Waals surface area contributed by atoms with Gasteiger partial charge in [-0.1, -0.05) is 115 Å². The lowest BCUT2D eigenvalue weighted by Gasteiger charge is -2.21. The molecule has 0 saturated carbocycles. The molecule has 0 bridgehead atoms. The van der Waals surface area contributed by atoms with Gasteiger partial charge in [0.25, 0.3) is 0 Å².